The molecule has 1 unspecified atom stereocenters. The highest BCUT2D eigenvalue weighted by molar-refractivity contribution is 5.74. The van der Waals surface area contributed by atoms with Gasteiger partial charge >= 0.3 is 0 Å². The van der Waals surface area contributed by atoms with Gasteiger partial charge in [-0.25, -0.2) is 0 Å². The number of aliphatic imine (C=N–C) groups is 1. The van der Waals surface area contributed by atoms with Crippen molar-refractivity contribution >= 4 is 6.21 Å². The largest absolute Gasteiger partial charge is 0.618 e. The molecular formula is C16H19N5O2. The highest BCUT2D eigenvalue weighted by Gasteiger charge is 2.30. The van der Waals surface area contributed by atoms with Crippen LogP contribution in [0, 0.1) is 10.4 Å². The molecule has 1 atom stereocenters. The Morgan fingerprint density at radius 1 is 1.17 bits per heavy atom. The fourth-order valence-electron chi connectivity index (χ4n) is 2.67. The van der Waals surface area contributed by atoms with E-state index >= 15 is 0 Å². The maximum Gasteiger partial charge on any atom is 0.234 e. The van der Waals surface area contributed by atoms with Crippen LogP contribution in [-0.2, 0) is 0 Å². The fraction of sp³-hybridized carbons (Fsp3) is 0.312. The zero-order valence-electron chi connectivity index (χ0n) is 12.7. The van der Waals surface area contributed by atoms with Gasteiger partial charge in [-0.2, -0.15) is 9.46 Å². The Balaban J connectivity index is 1.60. The van der Waals surface area contributed by atoms with E-state index in [9.17, 15) is 10.4 Å². The van der Waals surface area contributed by atoms with Gasteiger partial charge in [0, 0.05) is 43.9 Å². The predicted octanol–water partition coefficient (Wildman–Crippen LogP) is -0.0237. The van der Waals surface area contributed by atoms with Crippen molar-refractivity contribution in [3.05, 3.63) is 70.6 Å². The topological polar surface area (TPSA) is 81.5 Å². The van der Waals surface area contributed by atoms with Crippen molar-refractivity contribution in [2.24, 2.45) is 4.99 Å². The Hall–Kier alpha value is -2.51. The molecule has 1 aliphatic rings. The number of nitrogens with zero attached hydrogens (tertiary/aromatic N) is 4. The van der Waals surface area contributed by atoms with Gasteiger partial charge in [-0.15, -0.1) is 0 Å². The Morgan fingerprint density at radius 2 is 1.96 bits per heavy atom. The van der Waals surface area contributed by atoms with Crippen LogP contribution >= 0.6 is 0 Å². The molecule has 2 aromatic heterocycles. The molecule has 1 saturated heterocycles. The van der Waals surface area contributed by atoms with Crippen LogP contribution in [-0.4, -0.2) is 37.3 Å². The van der Waals surface area contributed by atoms with Crippen LogP contribution in [0.2, 0.25) is 0 Å². The smallest absolute Gasteiger partial charge is 0.234 e. The summed E-state index contributed by atoms with van der Waals surface area (Å²) in [6.07, 6.45) is 4.45. The zero-order chi connectivity index (χ0) is 16.1. The van der Waals surface area contributed by atoms with Gasteiger partial charge in [-0.1, -0.05) is 0 Å². The molecule has 0 spiro atoms. The SMILES string of the molecule is [O-][n+]1ccccc1C=NCCN1CCNC1c1cccc[n+]1[O-]. The molecule has 0 aromatic carbocycles. The average Bonchev–Trinajstić information content (AvgIpc) is 3.02. The van der Waals surface area contributed by atoms with Gasteiger partial charge in [0.2, 0.25) is 11.4 Å². The number of pyridine rings is 2. The lowest BCUT2D eigenvalue weighted by Gasteiger charge is -2.21. The first-order chi connectivity index (χ1) is 11.3. The van der Waals surface area contributed by atoms with Gasteiger partial charge in [-0.3, -0.25) is 15.2 Å². The third-order valence-electron chi connectivity index (χ3n) is 3.83. The highest BCUT2D eigenvalue weighted by Crippen LogP contribution is 2.17. The lowest BCUT2D eigenvalue weighted by molar-refractivity contribution is -0.617. The van der Waals surface area contributed by atoms with E-state index in [1.807, 2.05) is 12.1 Å². The van der Waals surface area contributed by atoms with Crippen LogP contribution in [0.1, 0.15) is 17.6 Å². The number of hydrogen-bond donors (Lipinski definition) is 1. The first-order valence-electron chi connectivity index (χ1n) is 7.59. The number of nitrogens with one attached hydrogen (secondary N) is 1. The second-order valence-corrected chi connectivity index (χ2v) is 5.33. The standard InChI is InChI=1S/C16H19N5O2/c22-20-9-3-1-5-14(20)13-17-7-11-19-12-8-18-16(19)15-6-2-4-10-21(15)23/h1-6,9-10,13,16,18H,7-8,11-12H2. The van der Waals surface area contributed by atoms with E-state index in [0.717, 1.165) is 29.1 Å². The minimum absolute atomic E-state index is 0.0925. The third-order valence-corrected chi connectivity index (χ3v) is 3.83. The summed E-state index contributed by atoms with van der Waals surface area (Å²) in [7, 11) is 0. The first-order valence-corrected chi connectivity index (χ1v) is 7.59. The number of hydrogen-bond acceptors (Lipinski definition) is 5. The van der Waals surface area contributed by atoms with E-state index in [2.05, 4.69) is 15.2 Å². The molecule has 0 amide bonds. The van der Waals surface area contributed by atoms with Crippen molar-refractivity contribution in [3.8, 4) is 0 Å². The maximum absolute atomic E-state index is 11.9. The number of rotatable bonds is 5. The second-order valence-electron chi connectivity index (χ2n) is 5.33. The summed E-state index contributed by atoms with van der Waals surface area (Å²) in [6, 6.07) is 10.6. The van der Waals surface area contributed by atoms with Crippen LogP contribution in [0.4, 0.5) is 0 Å². The molecular weight excluding hydrogens is 294 g/mol. The predicted molar refractivity (Wildman–Crippen MR) is 85.6 cm³/mol. The molecule has 0 radical (unpaired) electrons. The Bertz CT molecular complexity index is 692. The Labute approximate surface area is 134 Å². The van der Waals surface area contributed by atoms with Crippen molar-refractivity contribution in [1.29, 1.82) is 0 Å². The molecule has 7 nitrogen and oxygen atoms in total. The quantitative estimate of drug-likeness (QED) is 0.478. The van der Waals surface area contributed by atoms with Crippen molar-refractivity contribution in [1.82, 2.24) is 10.2 Å². The van der Waals surface area contributed by atoms with E-state index in [1.54, 1.807) is 30.5 Å². The van der Waals surface area contributed by atoms with Crippen LogP contribution < -0.4 is 14.8 Å². The molecule has 1 fully saturated rings. The molecule has 0 saturated carbocycles. The van der Waals surface area contributed by atoms with Gasteiger partial charge in [0.05, 0.1) is 12.8 Å². The lowest BCUT2D eigenvalue weighted by Crippen LogP contribution is -2.40. The van der Waals surface area contributed by atoms with Crippen LogP contribution in [0.5, 0.6) is 0 Å². The zero-order valence-corrected chi connectivity index (χ0v) is 12.7. The molecule has 0 aliphatic carbocycles. The molecule has 7 heteroatoms. The van der Waals surface area contributed by atoms with Crippen molar-refractivity contribution < 1.29 is 9.46 Å². The minimum Gasteiger partial charge on any atom is -0.618 e. The fourth-order valence-corrected chi connectivity index (χ4v) is 2.67. The molecule has 2 aromatic rings. The summed E-state index contributed by atoms with van der Waals surface area (Å²) in [6.45, 7) is 2.98. The third kappa shape index (κ3) is 3.64. The summed E-state index contributed by atoms with van der Waals surface area (Å²) in [5.74, 6) is 0. The Morgan fingerprint density at radius 3 is 2.74 bits per heavy atom. The highest BCUT2D eigenvalue weighted by atomic mass is 16.5. The average molecular weight is 313 g/mol. The van der Waals surface area contributed by atoms with E-state index in [1.165, 1.54) is 12.4 Å². The first kappa shape index (κ1) is 15.4. The van der Waals surface area contributed by atoms with Crippen LogP contribution in [0.15, 0.2) is 53.8 Å². The van der Waals surface area contributed by atoms with Crippen molar-refractivity contribution in [2.75, 3.05) is 26.2 Å². The molecule has 3 rings (SSSR count). The summed E-state index contributed by atoms with van der Waals surface area (Å²) in [4.78, 5) is 6.49. The molecule has 1 N–H and O–H groups in total. The van der Waals surface area contributed by atoms with Gasteiger partial charge in [0.1, 0.15) is 6.17 Å². The van der Waals surface area contributed by atoms with Crippen molar-refractivity contribution in [3.63, 3.8) is 0 Å². The molecule has 0 bridgehead atoms. The maximum atomic E-state index is 11.9. The van der Waals surface area contributed by atoms with Gasteiger partial charge in [-0.05, 0) is 12.1 Å². The molecule has 3 heterocycles. The normalized spacial score (nSPS) is 18.7. The molecule has 23 heavy (non-hydrogen) atoms. The summed E-state index contributed by atoms with van der Waals surface area (Å²) < 4.78 is 1.68. The van der Waals surface area contributed by atoms with E-state index in [0.29, 0.717) is 17.9 Å². The van der Waals surface area contributed by atoms with Gasteiger partial charge in [0.25, 0.3) is 0 Å². The minimum atomic E-state index is -0.0925. The van der Waals surface area contributed by atoms with Gasteiger partial charge < -0.3 is 10.4 Å². The van der Waals surface area contributed by atoms with E-state index in [4.69, 9.17) is 0 Å². The van der Waals surface area contributed by atoms with Gasteiger partial charge in [0.15, 0.2) is 12.4 Å². The summed E-state index contributed by atoms with van der Waals surface area (Å²) >= 11 is 0. The van der Waals surface area contributed by atoms with E-state index < -0.39 is 0 Å². The molecule has 1 aliphatic heterocycles. The molecule has 120 valence electrons. The van der Waals surface area contributed by atoms with Crippen molar-refractivity contribution in [2.45, 2.75) is 6.17 Å². The van der Waals surface area contributed by atoms with Crippen LogP contribution in [0.25, 0.3) is 0 Å². The summed E-state index contributed by atoms with van der Waals surface area (Å²) in [5.41, 5.74) is 1.21. The lowest BCUT2D eigenvalue weighted by atomic mass is 10.3. The van der Waals surface area contributed by atoms with Crippen LogP contribution in [0.3, 0.4) is 0 Å². The Kier molecular flexibility index (Phi) is 4.80. The monoisotopic (exact) mass is 313 g/mol. The second kappa shape index (κ2) is 7.17. The summed E-state index contributed by atoms with van der Waals surface area (Å²) in [5, 5.41) is 26.7. The number of aromatic nitrogens is 2. The van der Waals surface area contributed by atoms with E-state index in [-0.39, 0.29) is 6.17 Å².